The van der Waals surface area contributed by atoms with E-state index in [4.69, 9.17) is 4.74 Å². The van der Waals surface area contributed by atoms with E-state index in [1.165, 1.54) is 5.56 Å². The van der Waals surface area contributed by atoms with Crippen molar-refractivity contribution in [2.45, 2.75) is 31.6 Å². The second kappa shape index (κ2) is 7.75. The minimum Gasteiger partial charge on any atom is -0.493 e. The normalized spacial score (nSPS) is 17.4. The number of carbonyl (C=O) groups is 1. The number of benzene rings is 2. The summed E-state index contributed by atoms with van der Waals surface area (Å²) in [7, 11) is 0. The number of rotatable bonds is 6. The molecule has 2 atom stereocenters. The molecule has 0 saturated heterocycles. The van der Waals surface area contributed by atoms with Crippen molar-refractivity contribution < 1.29 is 9.53 Å². The number of fused-ring (bicyclic) bond motifs is 1. The Kier molecular flexibility index (Phi) is 5.46. The van der Waals surface area contributed by atoms with Crippen molar-refractivity contribution in [2.24, 2.45) is 0 Å². The third kappa shape index (κ3) is 3.75. The summed E-state index contributed by atoms with van der Waals surface area (Å²) in [5.41, 5.74) is 2.34. The van der Waals surface area contributed by atoms with Gasteiger partial charge in [0, 0.05) is 17.5 Å². The quantitative estimate of drug-likeness (QED) is 0.739. The summed E-state index contributed by atoms with van der Waals surface area (Å²) in [6, 6.07) is 18.2. The van der Waals surface area contributed by atoms with Crippen LogP contribution in [0.1, 0.15) is 19.4 Å². The van der Waals surface area contributed by atoms with Gasteiger partial charge in [0.2, 0.25) is 5.91 Å². The molecule has 1 aliphatic heterocycles. The van der Waals surface area contributed by atoms with Crippen LogP contribution in [0.15, 0.2) is 54.6 Å². The summed E-state index contributed by atoms with van der Waals surface area (Å²) < 4.78 is 5.69. The highest BCUT2D eigenvalue weighted by Crippen LogP contribution is 2.33. The maximum Gasteiger partial charge on any atom is 0.240 e. The summed E-state index contributed by atoms with van der Waals surface area (Å²) in [5.74, 6) is 1.86. The monoisotopic (exact) mass is 341 g/mol. The first kappa shape index (κ1) is 16.9. The predicted molar refractivity (Wildman–Crippen MR) is 101 cm³/mol. The van der Waals surface area contributed by atoms with E-state index in [1.54, 1.807) is 11.8 Å². The molecule has 1 aliphatic rings. The second-order valence-corrected chi connectivity index (χ2v) is 7.51. The Hall–Kier alpha value is -1.94. The van der Waals surface area contributed by atoms with Gasteiger partial charge in [-0.1, -0.05) is 36.4 Å². The lowest BCUT2D eigenvalue weighted by atomic mass is 10.1. The van der Waals surface area contributed by atoms with Crippen LogP contribution in [0.2, 0.25) is 0 Å². The van der Waals surface area contributed by atoms with Gasteiger partial charge in [0.15, 0.2) is 0 Å². The molecule has 1 heterocycles. The maximum atomic E-state index is 12.8. The first-order valence-corrected chi connectivity index (χ1v) is 9.42. The van der Waals surface area contributed by atoms with E-state index < -0.39 is 0 Å². The molecule has 2 unspecified atom stereocenters. The van der Waals surface area contributed by atoms with Crippen molar-refractivity contribution >= 4 is 23.4 Å². The maximum absolute atomic E-state index is 12.8. The van der Waals surface area contributed by atoms with E-state index in [0.29, 0.717) is 6.61 Å². The number of hydrogen-bond acceptors (Lipinski definition) is 3. The van der Waals surface area contributed by atoms with E-state index in [-0.39, 0.29) is 17.2 Å². The molecule has 0 aliphatic carbocycles. The minimum absolute atomic E-state index is 0.0713. The summed E-state index contributed by atoms with van der Waals surface area (Å²) in [5, 5.41) is -0.0713. The van der Waals surface area contributed by atoms with E-state index in [0.717, 1.165) is 23.6 Å². The van der Waals surface area contributed by atoms with Gasteiger partial charge in [0.1, 0.15) is 5.75 Å². The van der Waals surface area contributed by atoms with Gasteiger partial charge >= 0.3 is 0 Å². The number of amides is 1. The number of anilines is 1. The fraction of sp³-hybridized carbons (Fsp3) is 0.350. The fourth-order valence-electron chi connectivity index (χ4n) is 3.07. The van der Waals surface area contributed by atoms with Gasteiger partial charge in [-0.3, -0.25) is 4.79 Å². The van der Waals surface area contributed by atoms with Crippen molar-refractivity contribution in [1.29, 1.82) is 0 Å². The van der Waals surface area contributed by atoms with Crippen LogP contribution in [0.3, 0.4) is 0 Å². The Balaban J connectivity index is 1.52. The average molecular weight is 341 g/mol. The molecule has 0 radical (unpaired) electrons. The zero-order chi connectivity index (χ0) is 16.9. The van der Waals surface area contributed by atoms with Crippen molar-refractivity contribution in [3.63, 3.8) is 0 Å². The highest BCUT2D eigenvalue weighted by molar-refractivity contribution is 8.00. The number of hydrogen-bond donors (Lipinski definition) is 0. The standard InChI is InChI=1S/C20H23NO2S/c1-15-14-17-8-6-7-11-19(17)21(15)20(22)16(2)24-13-12-23-18-9-4-3-5-10-18/h3-11,15-16H,12-14H2,1-2H3. The smallest absolute Gasteiger partial charge is 0.240 e. The van der Waals surface area contributed by atoms with E-state index in [2.05, 4.69) is 13.0 Å². The van der Waals surface area contributed by atoms with Crippen molar-refractivity contribution in [3.8, 4) is 5.75 Å². The summed E-state index contributed by atoms with van der Waals surface area (Å²) in [6.07, 6.45) is 0.941. The van der Waals surface area contributed by atoms with Crippen molar-refractivity contribution in [2.75, 3.05) is 17.3 Å². The average Bonchev–Trinajstić information content (AvgIpc) is 2.94. The van der Waals surface area contributed by atoms with E-state index in [1.807, 2.05) is 60.4 Å². The van der Waals surface area contributed by atoms with Crippen LogP contribution in [0.4, 0.5) is 5.69 Å². The summed E-state index contributed by atoms with van der Waals surface area (Å²) in [4.78, 5) is 14.8. The third-order valence-electron chi connectivity index (χ3n) is 4.26. The fourth-order valence-corrected chi connectivity index (χ4v) is 3.86. The van der Waals surface area contributed by atoms with Gasteiger partial charge in [-0.15, -0.1) is 11.8 Å². The Morgan fingerprint density at radius 3 is 2.71 bits per heavy atom. The largest absolute Gasteiger partial charge is 0.493 e. The molecule has 0 spiro atoms. The van der Waals surface area contributed by atoms with Crippen LogP contribution in [-0.4, -0.2) is 29.6 Å². The Morgan fingerprint density at radius 1 is 1.21 bits per heavy atom. The topological polar surface area (TPSA) is 29.5 Å². The zero-order valence-electron chi connectivity index (χ0n) is 14.1. The highest BCUT2D eigenvalue weighted by Gasteiger charge is 2.32. The molecule has 3 nitrogen and oxygen atoms in total. The molecule has 0 bridgehead atoms. The third-order valence-corrected chi connectivity index (χ3v) is 5.36. The van der Waals surface area contributed by atoms with Crippen LogP contribution >= 0.6 is 11.8 Å². The number of thioether (sulfide) groups is 1. The Morgan fingerprint density at radius 2 is 1.92 bits per heavy atom. The molecule has 0 N–H and O–H groups in total. The number of nitrogens with zero attached hydrogens (tertiary/aromatic N) is 1. The van der Waals surface area contributed by atoms with Gasteiger partial charge < -0.3 is 9.64 Å². The lowest BCUT2D eigenvalue weighted by Crippen LogP contribution is -2.40. The van der Waals surface area contributed by atoms with Crippen LogP contribution in [0, 0.1) is 0 Å². The molecule has 3 rings (SSSR count). The Labute approximate surface area is 148 Å². The van der Waals surface area contributed by atoms with Crippen molar-refractivity contribution in [1.82, 2.24) is 0 Å². The lowest BCUT2D eigenvalue weighted by Gasteiger charge is -2.25. The van der Waals surface area contributed by atoms with Crippen molar-refractivity contribution in [3.05, 3.63) is 60.2 Å². The lowest BCUT2D eigenvalue weighted by molar-refractivity contribution is -0.118. The van der Waals surface area contributed by atoms with E-state index >= 15 is 0 Å². The van der Waals surface area contributed by atoms with Gasteiger partial charge in [0.05, 0.1) is 11.9 Å². The molecule has 2 aromatic rings. The molecular weight excluding hydrogens is 318 g/mol. The molecule has 1 amide bonds. The molecule has 2 aromatic carbocycles. The minimum atomic E-state index is -0.0713. The van der Waals surface area contributed by atoms with Crippen LogP contribution < -0.4 is 9.64 Å². The molecule has 4 heteroatoms. The van der Waals surface area contributed by atoms with Gasteiger partial charge in [0.25, 0.3) is 0 Å². The number of carbonyl (C=O) groups excluding carboxylic acids is 1. The van der Waals surface area contributed by atoms with Crippen LogP contribution in [0.25, 0.3) is 0 Å². The Bertz CT molecular complexity index is 689. The predicted octanol–water partition coefficient (Wildman–Crippen LogP) is 4.16. The van der Waals surface area contributed by atoms with Gasteiger partial charge in [-0.2, -0.15) is 0 Å². The first-order chi connectivity index (χ1) is 11.7. The van der Waals surface area contributed by atoms with Crippen LogP contribution in [0.5, 0.6) is 5.75 Å². The number of ether oxygens (including phenoxy) is 1. The second-order valence-electron chi connectivity index (χ2n) is 6.06. The molecule has 24 heavy (non-hydrogen) atoms. The molecule has 0 saturated carbocycles. The summed E-state index contributed by atoms with van der Waals surface area (Å²) >= 11 is 1.65. The van der Waals surface area contributed by atoms with Crippen LogP contribution in [-0.2, 0) is 11.2 Å². The highest BCUT2D eigenvalue weighted by atomic mass is 32.2. The molecule has 0 aromatic heterocycles. The number of para-hydroxylation sites is 2. The van der Waals surface area contributed by atoms with E-state index in [9.17, 15) is 4.79 Å². The zero-order valence-corrected chi connectivity index (χ0v) is 15.0. The summed E-state index contributed by atoms with van der Waals surface area (Å²) in [6.45, 7) is 4.72. The molecule has 126 valence electrons. The van der Waals surface area contributed by atoms with Gasteiger partial charge in [-0.05, 0) is 44.0 Å². The molecular formula is C20H23NO2S. The SMILES string of the molecule is CC(SCCOc1ccccc1)C(=O)N1c2ccccc2CC1C. The first-order valence-electron chi connectivity index (χ1n) is 8.37. The van der Waals surface area contributed by atoms with Gasteiger partial charge in [-0.25, -0.2) is 0 Å². The molecule has 0 fully saturated rings.